The van der Waals surface area contributed by atoms with Crippen molar-refractivity contribution in [3.63, 3.8) is 0 Å². The predicted octanol–water partition coefficient (Wildman–Crippen LogP) is 4.22. The summed E-state index contributed by atoms with van der Waals surface area (Å²) in [4.78, 5) is 12.5. The second-order valence-corrected chi connectivity index (χ2v) is 5.72. The van der Waals surface area contributed by atoms with E-state index in [1.54, 1.807) is 12.1 Å². The van der Waals surface area contributed by atoms with Crippen LogP contribution in [0.15, 0.2) is 48.5 Å². The first-order valence-electron chi connectivity index (χ1n) is 6.74. The van der Waals surface area contributed by atoms with Gasteiger partial charge in [-0.05, 0) is 44.0 Å². The van der Waals surface area contributed by atoms with Crippen LogP contribution in [0.1, 0.15) is 30.5 Å². The van der Waals surface area contributed by atoms with Gasteiger partial charge in [0.1, 0.15) is 11.6 Å². The van der Waals surface area contributed by atoms with Crippen LogP contribution >= 0.6 is 0 Å². The summed E-state index contributed by atoms with van der Waals surface area (Å²) in [5.41, 5.74) is 2.40. The molecule has 0 N–H and O–H groups in total. The van der Waals surface area contributed by atoms with Crippen LogP contribution in [0.5, 0.6) is 0 Å². The smallest absolute Gasteiger partial charge is 0.147 e. The molecule has 0 aliphatic rings. The van der Waals surface area contributed by atoms with Gasteiger partial charge >= 0.3 is 0 Å². The first-order valence-corrected chi connectivity index (χ1v) is 6.74. The minimum Gasteiger partial charge on any atom is -0.298 e. The van der Waals surface area contributed by atoms with Gasteiger partial charge in [-0.15, -0.1) is 0 Å². The Morgan fingerprint density at radius 2 is 1.75 bits per heavy atom. The normalized spacial score (nSPS) is 11.4. The van der Waals surface area contributed by atoms with Crippen molar-refractivity contribution in [2.75, 3.05) is 0 Å². The van der Waals surface area contributed by atoms with Crippen LogP contribution in [0.25, 0.3) is 0 Å². The molecule has 0 saturated heterocycles. The minimum absolute atomic E-state index is 0.134. The van der Waals surface area contributed by atoms with Gasteiger partial charge in [0.15, 0.2) is 0 Å². The average molecular weight is 270 g/mol. The highest BCUT2D eigenvalue weighted by Crippen LogP contribution is 2.26. The molecule has 0 aliphatic heterocycles. The van der Waals surface area contributed by atoms with Crippen LogP contribution in [0.4, 0.5) is 4.39 Å². The van der Waals surface area contributed by atoms with Crippen molar-refractivity contribution < 1.29 is 9.18 Å². The summed E-state index contributed by atoms with van der Waals surface area (Å²) in [7, 11) is 0. The van der Waals surface area contributed by atoms with Crippen LogP contribution in [-0.2, 0) is 16.6 Å². The third-order valence-corrected chi connectivity index (χ3v) is 3.71. The molecule has 0 heterocycles. The molecule has 0 atom stereocenters. The molecule has 20 heavy (non-hydrogen) atoms. The molecule has 2 aromatic rings. The Kier molecular flexibility index (Phi) is 4.03. The van der Waals surface area contributed by atoms with Crippen molar-refractivity contribution in [3.8, 4) is 0 Å². The van der Waals surface area contributed by atoms with Crippen molar-refractivity contribution in [2.24, 2.45) is 0 Å². The first-order chi connectivity index (χ1) is 9.39. The lowest BCUT2D eigenvalue weighted by Crippen LogP contribution is -2.30. The second-order valence-electron chi connectivity index (χ2n) is 5.72. The van der Waals surface area contributed by atoms with Crippen molar-refractivity contribution >= 4 is 5.78 Å². The number of ketones is 1. The maximum atomic E-state index is 13.0. The molecule has 104 valence electrons. The van der Waals surface area contributed by atoms with Gasteiger partial charge in [-0.2, -0.15) is 0 Å². The maximum Gasteiger partial charge on any atom is 0.147 e. The lowest BCUT2D eigenvalue weighted by Gasteiger charge is -2.24. The SMILES string of the molecule is Cc1cccc(CC(=O)C(C)(C)c2ccc(F)cc2)c1. The van der Waals surface area contributed by atoms with Gasteiger partial charge in [0.05, 0.1) is 0 Å². The van der Waals surface area contributed by atoms with Gasteiger partial charge in [-0.3, -0.25) is 4.79 Å². The van der Waals surface area contributed by atoms with Gasteiger partial charge in [-0.1, -0.05) is 42.0 Å². The number of rotatable bonds is 4. The van der Waals surface area contributed by atoms with E-state index in [1.165, 1.54) is 12.1 Å². The maximum absolute atomic E-state index is 13.0. The second kappa shape index (κ2) is 5.58. The van der Waals surface area contributed by atoms with Crippen LogP contribution in [-0.4, -0.2) is 5.78 Å². The van der Waals surface area contributed by atoms with E-state index in [0.29, 0.717) is 6.42 Å². The van der Waals surface area contributed by atoms with Crippen LogP contribution < -0.4 is 0 Å². The molecule has 2 rings (SSSR count). The van der Waals surface area contributed by atoms with E-state index in [2.05, 4.69) is 0 Å². The summed E-state index contributed by atoms with van der Waals surface area (Å²) < 4.78 is 13.0. The summed E-state index contributed by atoms with van der Waals surface area (Å²) in [6.45, 7) is 5.79. The number of hydrogen-bond donors (Lipinski definition) is 0. The Morgan fingerprint density at radius 1 is 1.10 bits per heavy atom. The first kappa shape index (κ1) is 14.4. The van der Waals surface area contributed by atoms with Crippen molar-refractivity contribution in [1.82, 2.24) is 0 Å². The van der Waals surface area contributed by atoms with Crippen LogP contribution in [0.2, 0.25) is 0 Å². The molecule has 0 saturated carbocycles. The largest absolute Gasteiger partial charge is 0.298 e. The number of halogens is 1. The van der Waals surface area contributed by atoms with Gasteiger partial charge in [0, 0.05) is 11.8 Å². The summed E-state index contributed by atoms with van der Waals surface area (Å²) in [5.74, 6) is -0.148. The van der Waals surface area contributed by atoms with E-state index in [9.17, 15) is 9.18 Å². The quantitative estimate of drug-likeness (QED) is 0.812. The van der Waals surface area contributed by atoms with E-state index in [0.717, 1.165) is 16.7 Å². The van der Waals surface area contributed by atoms with Crippen LogP contribution in [0, 0.1) is 12.7 Å². The number of carbonyl (C=O) groups is 1. The molecule has 2 heteroatoms. The van der Waals surface area contributed by atoms with E-state index < -0.39 is 5.41 Å². The zero-order valence-electron chi connectivity index (χ0n) is 12.1. The molecule has 0 fully saturated rings. The van der Waals surface area contributed by atoms with Crippen LogP contribution in [0.3, 0.4) is 0 Å². The fourth-order valence-electron chi connectivity index (χ4n) is 2.26. The lowest BCUT2D eigenvalue weighted by atomic mass is 9.78. The predicted molar refractivity (Wildman–Crippen MR) is 79.3 cm³/mol. The fraction of sp³-hybridized carbons (Fsp3) is 0.278. The number of benzene rings is 2. The van der Waals surface area contributed by atoms with Crippen molar-refractivity contribution in [3.05, 3.63) is 71.0 Å². The summed E-state index contributed by atoms with van der Waals surface area (Å²) in [6, 6.07) is 14.1. The Hall–Kier alpha value is -1.96. The zero-order valence-corrected chi connectivity index (χ0v) is 12.1. The van der Waals surface area contributed by atoms with E-state index in [4.69, 9.17) is 0 Å². The monoisotopic (exact) mass is 270 g/mol. The van der Waals surface area contributed by atoms with E-state index in [-0.39, 0.29) is 11.6 Å². The molecule has 0 radical (unpaired) electrons. The minimum atomic E-state index is -0.614. The van der Waals surface area contributed by atoms with Gasteiger partial charge in [0.25, 0.3) is 0 Å². The average Bonchev–Trinajstić information content (AvgIpc) is 2.39. The highest BCUT2D eigenvalue weighted by molar-refractivity contribution is 5.91. The van der Waals surface area contributed by atoms with Gasteiger partial charge < -0.3 is 0 Å². The molecule has 0 bridgehead atoms. The lowest BCUT2D eigenvalue weighted by molar-refractivity contribution is -0.122. The standard InChI is InChI=1S/C18H19FO/c1-13-5-4-6-14(11-13)12-17(20)18(2,3)15-7-9-16(19)10-8-15/h4-11H,12H2,1-3H3. The third kappa shape index (κ3) is 3.13. The van der Waals surface area contributed by atoms with Gasteiger partial charge in [-0.25, -0.2) is 4.39 Å². The molecular weight excluding hydrogens is 251 g/mol. The highest BCUT2D eigenvalue weighted by atomic mass is 19.1. The zero-order chi connectivity index (χ0) is 14.8. The summed E-state index contributed by atoms with van der Waals surface area (Å²) in [6.07, 6.45) is 0.395. The molecule has 0 amide bonds. The van der Waals surface area contributed by atoms with E-state index >= 15 is 0 Å². The Bertz CT molecular complexity index is 612. The fourth-order valence-corrected chi connectivity index (χ4v) is 2.26. The van der Waals surface area contributed by atoms with Gasteiger partial charge in [0.2, 0.25) is 0 Å². The number of carbonyl (C=O) groups excluding carboxylic acids is 1. The summed E-state index contributed by atoms with van der Waals surface area (Å²) in [5, 5.41) is 0. The topological polar surface area (TPSA) is 17.1 Å². The Labute approximate surface area is 119 Å². The molecule has 0 aromatic heterocycles. The molecule has 1 nitrogen and oxygen atoms in total. The summed E-state index contributed by atoms with van der Waals surface area (Å²) >= 11 is 0. The van der Waals surface area contributed by atoms with Crippen molar-refractivity contribution in [2.45, 2.75) is 32.6 Å². The Balaban J connectivity index is 2.21. The molecule has 0 unspecified atom stereocenters. The van der Waals surface area contributed by atoms with Crippen molar-refractivity contribution in [1.29, 1.82) is 0 Å². The highest BCUT2D eigenvalue weighted by Gasteiger charge is 2.29. The molecule has 0 spiro atoms. The molecular formula is C18H19FO. The number of hydrogen-bond acceptors (Lipinski definition) is 1. The number of Topliss-reactive ketones (excluding diaryl/α,β-unsaturated/α-hetero) is 1. The van der Waals surface area contributed by atoms with E-state index in [1.807, 2.05) is 45.0 Å². The Morgan fingerprint density at radius 3 is 2.35 bits per heavy atom. The number of aryl methyl sites for hydroxylation is 1. The molecule has 0 aliphatic carbocycles. The molecule has 2 aromatic carbocycles. The third-order valence-electron chi connectivity index (χ3n) is 3.71.